The maximum absolute atomic E-state index is 11.8. The molecule has 112 valence electrons. The SMILES string of the molecule is CC(CNC(=O)CNCC(F)(F)F)CN1CCCC1. The topological polar surface area (TPSA) is 44.4 Å². The van der Waals surface area contributed by atoms with Gasteiger partial charge in [0.2, 0.25) is 5.91 Å². The zero-order chi connectivity index (χ0) is 14.3. The van der Waals surface area contributed by atoms with E-state index < -0.39 is 18.6 Å². The Hall–Kier alpha value is -0.820. The molecule has 0 saturated carbocycles. The first-order valence-corrected chi connectivity index (χ1v) is 6.63. The van der Waals surface area contributed by atoms with Crippen LogP contribution >= 0.6 is 0 Å². The van der Waals surface area contributed by atoms with Crippen LogP contribution in [0.3, 0.4) is 0 Å². The quantitative estimate of drug-likeness (QED) is 0.731. The van der Waals surface area contributed by atoms with Crippen LogP contribution in [0.15, 0.2) is 0 Å². The lowest BCUT2D eigenvalue weighted by Crippen LogP contribution is -2.41. The minimum absolute atomic E-state index is 0.296. The van der Waals surface area contributed by atoms with Gasteiger partial charge in [-0.2, -0.15) is 13.2 Å². The number of carbonyl (C=O) groups excluding carboxylic acids is 1. The number of amides is 1. The number of rotatable bonds is 7. The van der Waals surface area contributed by atoms with E-state index in [0.29, 0.717) is 12.5 Å². The lowest BCUT2D eigenvalue weighted by Gasteiger charge is -2.20. The number of alkyl halides is 3. The Morgan fingerprint density at radius 2 is 1.95 bits per heavy atom. The number of likely N-dealkylation sites (tertiary alicyclic amines) is 1. The molecule has 0 bridgehead atoms. The minimum Gasteiger partial charge on any atom is -0.355 e. The van der Waals surface area contributed by atoms with Gasteiger partial charge in [0.05, 0.1) is 13.1 Å². The van der Waals surface area contributed by atoms with Gasteiger partial charge >= 0.3 is 6.18 Å². The van der Waals surface area contributed by atoms with E-state index in [1.165, 1.54) is 12.8 Å². The Labute approximate surface area is 111 Å². The predicted octanol–water partition coefficient (Wildman–Crippen LogP) is 0.986. The molecule has 1 saturated heterocycles. The molecule has 19 heavy (non-hydrogen) atoms. The molecule has 0 radical (unpaired) electrons. The number of nitrogens with one attached hydrogen (secondary N) is 2. The van der Waals surface area contributed by atoms with Crippen molar-refractivity contribution in [3.63, 3.8) is 0 Å². The van der Waals surface area contributed by atoms with Crippen LogP contribution in [0.25, 0.3) is 0 Å². The van der Waals surface area contributed by atoms with E-state index in [1.807, 2.05) is 6.92 Å². The molecule has 1 aliphatic heterocycles. The molecule has 0 aliphatic carbocycles. The summed E-state index contributed by atoms with van der Waals surface area (Å²) in [6.07, 6.45) is -1.83. The van der Waals surface area contributed by atoms with E-state index in [4.69, 9.17) is 0 Å². The van der Waals surface area contributed by atoms with E-state index >= 15 is 0 Å². The Kier molecular flexibility index (Phi) is 6.57. The van der Waals surface area contributed by atoms with Gasteiger partial charge in [-0.25, -0.2) is 0 Å². The van der Waals surface area contributed by atoms with Crippen molar-refractivity contribution >= 4 is 5.91 Å². The molecular weight excluding hydrogens is 259 g/mol. The maximum Gasteiger partial charge on any atom is 0.401 e. The Balaban J connectivity index is 2.05. The molecule has 1 fully saturated rings. The molecule has 1 heterocycles. The third-order valence-electron chi connectivity index (χ3n) is 3.03. The van der Waals surface area contributed by atoms with Crippen LogP contribution in [0, 0.1) is 5.92 Å². The van der Waals surface area contributed by atoms with Gasteiger partial charge in [0.15, 0.2) is 0 Å². The molecule has 0 aromatic rings. The second-order valence-corrected chi connectivity index (χ2v) is 5.14. The fourth-order valence-electron chi connectivity index (χ4n) is 2.14. The molecule has 0 aromatic heterocycles. The molecule has 1 unspecified atom stereocenters. The first-order chi connectivity index (χ1) is 8.87. The van der Waals surface area contributed by atoms with Gasteiger partial charge in [-0.05, 0) is 31.8 Å². The Morgan fingerprint density at radius 1 is 1.32 bits per heavy atom. The van der Waals surface area contributed by atoms with Crippen molar-refractivity contribution in [3.05, 3.63) is 0 Å². The zero-order valence-electron chi connectivity index (χ0n) is 11.2. The average Bonchev–Trinajstić information content (AvgIpc) is 2.77. The van der Waals surface area contributed by atoms with Crippen molar-refractivity contribution in [2.24, 2.45) is 5.92 Å². The molecule has 0 spiro atoms. The minimum atomic E-state index is -4.27. The predicted molar refractivity (Wildman–Crippen MR) is 66.8 cm³/mol. The highest BCUT2D eigenvalue weighted by atomic mass is 19.4. The van der Waals surface area contributed by atoms with Gasteiger partial charge in [0.25, 0.3) is 0 Å². The monoisotopic (exact) mass is 281 g/mol. The lowest BCUT2D eigenvalue weighted by atomic mass is 10.1. The van der Waals surface area contributed by atoms with Crippen LogP contribution in [-0.2, 0) is 4.79 Å². The number of hydrogen-bond acceptors (Lipinski definition) is 3. The second kappa shape index (κ2) is 7.69. The second-order valence-electron chi connectivity index (χ2n) is 5.14. The molecule has 2 N–H and O–H groups in total. The zero-order valence-corrected chi connectivity index (χ0v) is 11.2. The van der Waals surface area contributed by atoms with Gasteiger partial charge in [-0.3, -0.25) is 4.79 Å². The summed E-state index contributed by atoms with van der Waals surface area (Å²) in [5.74, 6) is -0.0813. The molecule has 1 amide bonds. The summed E-state index contributed by atoms with van der Waals surface area (Å²) in [6, 6.07) is 0. The summed E-state index contributed by atoms with van der Waals surface area (Å²) >= 11 is 0. The fraction of sp³-hybridized carbons (Fsp3) is 0.917. The third-order valence-corrected chi connectivity index (χ3v) is 3.03. The number of hydrogen-bond donors (Lipinski definition) is 2. The Bertz CT molecular complexity index is 278. The molecule has 1 atom stereocenters. The number of halogens is 3. The van der Waals surface area contributed by atoms with E-state index in [-0.39, 0.29) is 6.54 Å². The summed E-state index contributed by atoms with van der Waals surface area (Å²) < 4.78 is 35.5. The molecule has 1 rings (SSSR count). The van der Waals surface area contributed by atoms with E-state index in [2.05, 4.69) is 15.5 Å². The standard InChI is InChI=1S/C12H22F3N3O/c1-10(8-18-4-2-3-5-18)6-17-11(19)7-16-9-12(13,14)15/h10,16H,2-9H2,1H3,(H,17,19). The van der Waals surface area contributed by atoms with Crippen LogP contribution in [-0.4, -0.2) is 56.3 Å². The van der Waals surface area contributed by atoms with Crippen molar-refractivity contribution < 1.29 is 18.0 Å². The van der Waals surface area contributed by atoms with Gasteiger partial charge in [-0.1, -0.05) is 6.92 Å². The Morgan fingerprint density at radius 3 is 2.53 bits per heavy atom. The van der Waals surface area contributed by atoms with E-state index in [9.17, 15) is 18.0 Å². The number of nitrogens with zero attached hydrogens (tertiary/aromatic N) is 1. The molecular formula is C12H22F3N3O. The van der Waals surface area contributed by atoms with Crippen LogP contribution in [0.5, 0.6) is 0 Å². The normalized spacial score (nSPS) is 18.5. The highest BCUT2D eigenvalue weighted by Crippen LogP contribution is 2.12. The molecule has 0 aromatic carbocycles. The van der Waals surface area contributed by atoms with Gasteiger partial charge in [0.1, 0.15) is 0 Å². The number of carbonyl (C=O) groups is 1. The summed E-state index contributed by atoms with van der Waals surface area (Å²) in [6.45, 7) is 4.23. The largest absolute Gasteiger partial charge is 0.401 e. The fourth-order valence-corrected chi connectivity index (χ4v) is 2.14. The smallest absolute Gasteiger partial charge is 0.355 e. The molecule has 1 aliphatic rings. The first-order valence-electron chi connectivity index (χ1n) is 6.63. The van der Waals surface area contributed by atoms with Crippen molar-refractivity contribution in [3.8, 4) is 0 Å². The highest BCUT2D eigenvalue weighted by molar-refractivity contribution is 5.77. The highest BCUT2D eigenvalue weighted by Gasteiger charge is 2.26. The van der Waals surface area contributed by atoms with Crippen molar-refractivity contribution in [2.45, 2.75) is 25.9 Å². The van der Waals surface area contributed by atoms with Crippen LogP contribution in [0.4, 0.5) is 13.2 Å². The van der Waals surface area contributed by atoms with E-state index in [0.717, 1.165) is 19.6 Å². The molecule has 4 nitrogen and oxygen atoms in total. The van der Waals surface area contributed by atoms with Crippen LogP contribution in [0.2, 0.25) is 0 Å². The van der Waals surface area contributed by atoms with Crippen molar-refractivity contribution in [1.82, 2.24) is 15.5 Å². The van der Waals surface area contributed by atoms with Gasteiger partial charge in [-0.15, -0.1) is 0 Å². The average molecular weight is 281 g/mol. The lowest BCUT2D eigenvalue weighted by molar-refractivity contribution is -0.128. The summed E-state index contributed by atoms with van der Waals surface area (Å²) in [5, 5.41) is 4.72. The summed E-state index contributed by atoms with van der Waals surface area (Å²) in [4.78, 5) is 13.7. The van der Waals surface area contributed by atoms with Crippen molar-refractivity contribution in [2.75, 3.05) is 39.3 Å². The summed E-state index contributed by atoms with van der Waals surface area (Å²) in [5.41, 5.74) is 0. The van der Waals surface area contributed by atoms with Gasteiger partial charge < -0.3 is 15.5 Å². The summed E-state index contributed by atoms with van der Waals surface area (Å²) in [7, 11) is 0. The maximum atomic E-state index is 11.8. The van der Waals surface area contributed by atoms with Crippen LogP contribution in [0.1, 0.15) is 19.8 Å². The third kappa shape index (κ3) is 8.05. The van der Waals surface area contributed by atoms with E-state index in [1.54, 1.807) is 0 Å². The van der Waals surface area contributed by atoms with Crippen molar-refractivity contribution in [1.29, 1.82) is 0 Å². The van der Waals surface area contributed by atoms with Crippen LogP contribution < -0.4 is 10.6 Å². The van der Waals surface area contributed by atoms with Gasteiger partial charge in [0, 0.05) is 13.1 Å². The first kappa shape index (κ1) is 16.2. The molecule has 7 heteroatoms.